The molecule has 1 aliphatic heterocycles. The summed E-state index contributed by atoms with van der Waals surface area (Å²) >= 11 is 0. The lowest BCUT2D eigenvalue weighted by Crippen LogP contribution is -2.28. The zero-order valence-electron chi connectivity index (χ0n) is 17.2. The number of hydrogen-bond donors (Lipinski definition) is 0. The molecule has 0 atom stereocenters. The van der Waals surface area contributed by atoms with Crippen LogP contribution in [-0.2, 0) is 13.1 Å². The maximum absolute atomic E-state index is 15.4. The highest BCUT2D eigenvalue weighted by molar-refractivity contribution is 5.96. The molecule has 2 aromatic carbocycles. The molecule has 0 aliphatic carbocycles. The third kappa shape index (κ3) is 4.03. The fraction of sp³-hybridized carbons (Fsp3) is 0.208. The van der Waals surface area contributed by atoms with Crippen molar-refractivity contribution >= 4 is 12.1 Å². The lowest BCUT2D eigenvalue weighted by Gasteiger charge is -2.20. The summed E-state index contributed by atoms with van der Waals surface area (Å²) in [6.45, 7) is 2.74. The maximum atomic E-state index is 15.4. The van der Waals surface area contributed by atoms with Gasteiger partial charge in [-0.05, 0) is 47.9 Å². The molecule has 0 radical (unpaired) electrons. The maximum Gasteiger partial charge on any atom is 0.257 e. The summed E-state index contributed by atoms with van der Waals surface area (Å²) < 4.78 is 34.6. The molecule has 0 saturated heterocycles. The molecule has 0 saturated carbocycles. The number of benzene rings is 2. The molecule has 1 aliphatic rings. The monoisotopic (exact) mass is 421 g/mol. The van der Waals surface area contributed by atoms with E-state index in [1.807, 2.05) is 0 Å². The first-order chi connectivity index (χ1) is 15.0. The van der Waals surface area contributed by atoms with Gasteiger partial charge < -0.3 is 9.64 Å². The smallest absolute Gasteiger partial charge is 0.257 e. The van der Waals surface area contributed by atoms with Crippen LogP contribution >= 0.6 is 0 Å². The number of aromatic nitrogens is 1. The minimum atomic E-state index is -0.764. The van der Waals surface area contributed by atoms with Crippen molar-refractivity contribution < 1.29 is 18.3 Å². The number of ether oxygens (including phenoxy) is 1. The van der Waals surface area contributed by atoms with Crippen LogP contribution < -0.4 is 4.74 Å². The molecule has 7 heteroatoms. The predicted octanol–water partition coefficient (Wildman–Crippen LogP) is 4.63. The third-order valence-electron chi connectivity index (χ3n) is 5.17. The topological polar surface area (TPSA) is 54.8 Å². The van der Waals surface area contributed by atoms with Gasteiger partial charge in [0.15, 0.2) is 11.6 Å². The van der Waals surface area contributed by atoms with Crippen molar-refractivity contribution in [3.05, 3.63) is 82.7 Å². The van der Waals surface area contributed by atoms with E-state index in [-0.39, 0.29) is 24.5 Å². The number of nitrogens with zero attached hydrogens (tertiary/aromatic N) is 3. The first-order valence-electron chi connectivity index (χ1n) is 9.92. The van der Waals surface area contributed by atoms with Crippen molar-refractivity contribution in [2.45, 2.75) is 20.0 Å². The highest BCUT2D eigenvalue weighted by Gasteiger charge is 2.24. The first kappa shape index (κ1) is 20.7. The summed E-state index contributed by atoms with van der Waals surface area (Å²) in [4.78, 5) is 22.9. The summed E-state index contributed by atoms with van der Waals surface area (Å²) in [5.41, 5.74) is 3.57. The van der Waals surface area contributed by atoms with Gasteiger partial charge in [0.05, 0.1) is 18.7 Å². The fourth-order valence-corrected chi connectivity index (χ4v) is 3.65. The molecular formula is C24H21F2N3O2. The fourth-order valence-electron chi connectivity index (χ4n) is 3.65. The number of hydrogen-bond acceptors (Lipinski definition) is 4. The van der Waals surface area contributed by atoms with Gasteiger partial charge in [-0.15, -0.1) is 0 Å². The lowest BCUT2D eigenvalue weighted by molar-refractivity contribution is 0.0779. The molecule has 4 rings (SSSR count). The van der Waals surface area contributed by atoms with Crippen molar-refractivity contribution in [2.75, 3.05) is 13.7 Å². The minimum Gasteiger partial charge on any atom is -0.490 e. The molecule has 31 heavy (non-hydrogen) atoms. The van der Waals surface area contributed by atoms with E-state index in [0.29, 0.717) is 17.7 Å². The largest absolute Gasteiger partial charge is 0.490 e. The van der Waals surface area contributed by atoms with Gasteiger partial charge in [0.25, 0.3) is 5.91 Å². The van der Waals surface area contributed by atoms with E-state index >= 15 is 4.39 Å². The molecule has 1 aromatic heterocycles. The number of pyridine rings is 1. The summed E-state index contributed by atoms with van der Waals surface area (Å²) in [7, 11) is 1.61. The number of carbonyl (C=O) groups is 1. The number of halogens is 2. The van der Waals surface area contributed by atoms with E-state index in [1.54, 1.807) is 50.8 Å². The number of aliphatic imine (C=N–C) groups is 1. The van der Waals surface area contributed by atoms with Crippen LogP contribution in [-0.4, -0.2) is 35.7 Å². The van der Waals surface area contributed by atoms with Crippen molar-refractivity contribution in [1.29, 1.82) is 0 Å². The average molecular weight is 421 g/mol. The predicted molar refractivity (Wildman–Crippen MR) is 114 cm³/mol. The molecule has 3 aromatic rings. The van der Waals surface area contributed by atoms with E-state index in [1.165, 1.54) is 23.1 Å². The van der Waals surface area contributed by atoms with E-state index in [4.69, 9.17) is 4.74 Å². The van der Waals surface area contributed by atoms with E-state index in [0.717, 1.165) is 16.7 Å². The minimum absolute atomic E-state index is 0.0666. The summed E-state index contributed by atoms with van der Waals surface area (Å²) in [5.74, 6) is -1.75. The normalized spacial score (nSPS) is 12.0. The van der Waals surface area contributed by atoms with E-state index < -0.39 is 17.5 Å². The van der Waals surface area contributed by atoms with Crippen molar-refractivity contribution in [2.24, 2.45) is 4.99 Å². The Morgan fingerprint density at radius 1 is 1.19 bits per heavy atom. The van der Waals surface area contributed by atoms with Gasteiger partial charge in [-0.2, -0.15) is 0 Å². The van der Waals surface area contributed by atoms with Crippen LogP contribution in [0.15, 0.2) is 53.8 Å². The van der Waals surface area contributed by atoms with Crippen molar-refractivity contribution in [1.82, 2.24) is 9.88 Å². The Morgan fingerprint density at radius 2 is 2.03 bits per heavy atom. The quantitative estimate of drug-likeness (QED) is 0.583. The van der Waals surface area contributed by atoms with Crippen molar-refractivity contribution in [3.8, 4) is 16.9 Å². The molecule has 0 fully saturated rings. The van der Waals surface area contributed by atoms with Gasteiger partial charge in [-0.1, -0.05) is 12.1 Å². The highest BCUT2D eigenvalue weighted by atomic mass is 19.1. The Bertz CT molecular complexity index is 1180. The van der Waals surface area contributed by atoms with Crippen LogP contribution in [0.3, 0.4) is 0 Å². The molecule has 0 spiro atoms. The Hall–Kier alpha value is -3.61. The van der Waals surface area contributed by atoms with Gasteiger partial charge in [0.2, 0.25) is 0 Å². The van der Waals surface area contributed by atoms with Gasteiger partial charge >= 0.3 is 0 Å². The highest BCUT2D eigenvalue weighted by Crippen LogP contribution is 2.35. The van der Waals surface area contributed by atoms with Gasteiger partial charge in [-0.25, -0.2) is 8.78 Å². The van der Waals surface area contributed by atoms with E-state index in [9.17, 15) is 9.18 Å². The van der Waals surface area contributed by atoms with Crippen LogP contribution in [0.4, 0.5) is 8.78 Å². The van der Waals surface area contributed by atoms with Gasteiger partial charge in [-0.3, -0.25) is 14.8 Å². The molecular weight excluding hydrogens is 400 g/mol. The molecule has 1 amide bonds. The first-order valence-corrected chi connectivity index (χ1v) is 9.92. The standard InChI is InChI=1S/C24H21F2N3O2/c1-3-31-23-19(15-5-4-6-18(25)9-15)7-8-20(22(23)26)24(30)29(2)14-17-12-27-10-16-11-28-13-21(16)17/h4-12H,3,13-14H2,1-2H3. The average Bonchev–Trinajstić information content (AvgIpc) is 3.24. The number of carbonyl (C=O) groups excluding carboxylic acids is 1. The number of fused-ring (bicyclic) bond motifs is 1. The Morgan fingerprint density at radius 3 is 2.81 bits per heavy atom. The molecule has 5 nitrogen and oxygen atoms in total. The second-order valence-corrected chi connectivity index (χ2v) is 7.24. The molecule has 158 valence electrons. The lowest BCUT2D eigenvalue weighted by atomic mass is 10.0. The number of rotatable bonds is 6. The van der Waals surface area contributed by atoms with E-state index in [2.05, 4.69) is 9.98 Å². The summed E-state index contributed by atoms with van der Waals surface area (Å²) in [6, 6.07) is 8.82. The molecule has 0 unspecified atom stereocenters. The molecule has 2 heterocycles. The second-order valence-electron chi connectivity index (χ2n) is 7.24. The van der Waals surface area contributed by atoms with Crippen LogP contribution in [0.1, 0.15) is 34.0 Å². The number of amides is 1. The van der Waals surface area contributed by atoms with Gasteiger partial charge in [0.1, 0.15) is 5.82 Å². The summed E-state index contributed by atoms with van der Waals surface area (Å²) in [6.07, 6.45) is 5.19. The SMILES string of the molecule is CCOc1c(-c2cccc(F)c2)ccc(C(=O)N(C)Cc2cncc3c2CN=C3)c1F. The van der Waals surface area contributed by atoms with Crippen LogP contribution in [0.2, 0.25) is 0 Å². The molecule has 0 N–H and O–H groups in total. The second kappa shape index (κ2) is 8.63. The Labute approximate surface area is 179 Å². The van der Waals surface area contributed by atoms with Crippen LogP contribution in [0.5, 0.6) is 5.75 Å². The molecule has 0 bridgehead atoms. The van der Waals surface area contributed by atoms with Gasteiger partial charge in [0, 0.05) is 43.3 Å². The third-order valence-corrected chi connectivity index (χ3v) is 5.17. The van der Waals surface area contributed by atoms with Crippen LogP contribution in [0.25, 0.3) is 11.1 Å². The Kier molecular flexibility index (Phi) is 5.75. The summed E-state index contributed by atoms with van der Waals surface area (Å²) in [5, 5.41) is 0. The Balaban J connectivity index is 1.65. The zero-order chi connectivity index (χ0) is 22.0. The zero-order valence-corrected chi connectivity index (χ0v) is 17.2. The van der Waals surface area contributed by atoms with Crippen molar-refractivity contribution in [3.63, 3.8) is 0 Å². The van der Waals surface area contributed by atoms with Crippen LogP contribution in [0, 0.1) is 11.6 Å².